The van der Waals surface area contributed by atoms with E-state index in [9.17, 15) is 0 Å². The molecule has 0 aromatic rings. The van der Waals surface area contributed by atoms with Crippen molar-refractivity contribution in [2.45, 2.75) is 32.7 Å². The molecule has 0 aromatic heterocycles. The van der Waals surface area contributed by atoms with Crippen LogP contribution in [-0.2, 0) is 4.74 Å². The molecular weight excluding hydrogens is 138 g/mol. The zero-order valence-electron chi connectivity index (χ0n) is 7.55. The Morgan fingerprint density at radius 2 is 1.91 bits per heavy atom. The number of ether oxygens (including phenoxy) is 1. The van der Waals surface area contributed by atoms with Gasteiger partial charge in [-0.25, -0.2) is 0 Å². The van der Waals surface area contributed by atoms with Crippen LogP contribution in [0.15, 0.2) is 0 Å². The van der Waals surface area contributed by atoms with Crippen LogP contribution >= 0.6 is 0 Å². The summed E-state index contributed by atoms with van der Waals surface area (Å²) in [4.78, 5) is 0. The number of hydrogen-bond donors (Lipinski definition) is 1. The van der Waals surface area contributed by atoms with Gasteiger partial charge in [0.05, 0.1) is 0 Å². The molecule has 2 nitrogen and oxygen atoms in total. The van der Waals surface area contributed by atoms with Crippen molar-refractivity contribution in [1.29, 1.82) is 0 Å². The van der Waals surface area contributed by atoms with E-state index in [-0.39, 0.29) is 0 Å². The smallest absolute Gasteiger partial charge is 0.0480 e. The Morgan fingerprint density at radius 3 is 2.55 bits per heavy atom. The lowest BCUT2D eigenvalue weighted by Crippen LogP contribution is -2.33. The standard InChI is InChI=1S/C9H19NO/c1-7(2)8-3-5-11-6-4-9(8)10/h7-9H,3-6,10H2,1-2H3. The molecule has 1 fully saturated rings. The van der Waals surface area contributed by atoms with E-state index >= 15 is 0 Å². The minimum atomic E-state index is 0.359. The second-order valence-electron chi connectivity index (χ2n) is 3.76. The predicted molar refractivity (Wildman–Crippen MR) is 46.4 cm³/mol. The van der Waals surface area contributed by atoms with E-state index in [1.807, 2.05) is 0 Å². The van der Waals surface area contributed by atoms with Crippen LogP contribution in [0.3, 0.4) is 0 Å². The molecule has 0 spiro atoms. The van der Waals surface area contributed by atoms with Crippen molar-refractivity contribution in [1.82, 2.24) is 0 Å². The van der Waals surface area contributed by atoms with Gasteiger partial charge in [-0.05, 0) is 24.7 Å². The molecule has 1 aliphatic heterocycles. The third-order valence-corrected chi connectivity index (χ3v) is 2.60. The molecule has 1 saturated heterocycles. The van der Waals surface area contributed by atoms with Crippen LogP contribution in [0.25, 0.3) is 0 Å². The van der Waals surface area contributed by atoms with Gasteiger partial charge in [0.15, 0.2) is 0 Å². The van der Waals surface area contributed by atoms with Gasteiger partial charge in [0.2, 0.25) is 0 Å². The normalized spacial score (nSPS) is 33.8. The molecule has 1 aliphatic rings. The highest BCUT2D eigenvalue weighted by Crippen LogP contribution is 2.22. The van der Waals surface area contributed by atoms with Crippen LogP contribution in [0.5, 0.6) is 0 Å². The summed E-state index contributed by atoms with van der Waals surface area (Å²) in [5.74, 6) is 1.36. The summed E-state index contributed by atoms with van der Waals surface area (Å²) in [6.07, 6.45) is 2.17. The van der Waals surface area contributed by atoms with Crippen LogP contribution in [0, 0.1) is 11.8 Å². The Morgan fingerprint density at radius 1 is 1.27 bits per heavy atom. The van der Waals surface area contributed by atoms with Crippen molar-refractivity contribution in [3.8, 4) is 0 Å². The first kappa shape index (κ1) is 9.01. The second-order valence-corrected chi connectivity index (χ2v) is 3.76. The summed E-state index contributed by atoms with van der Waals surface area (Å²) in [5.41, 5.74) is 6.00. The Balaban J connectivity index is 2.45. The molecule has 2 unspecified atom stereocenters. The van der Waals surface area contributed by atoms with Crippen LogP contribution in [0.4, 0.5) is 0 Å². The van der Waals surface area contributed by atoms with Gasteiger partial charge < -0.3 is 10.5 Å². The highest BCUT2D eigenvalue weighted by atomic mass is 16.5. The molecule has 0 amide bonds. The highest BCUT2D eigenvalue weighted by Gasteiger charge is 2.22. The fourth-order valence-electron chi connectivity index (χ4n) is 1.80. The second kappa shape index (κ2) is 4.07. The topological polar surface area (TPSA) is 35.2 Å². The number of nitrogens with two attached hydrogens (primary N) is 1. The lowest BCUT2D eigenvalue weighted by atomic mass is 9.85. The van der Waals surface area contributed by atoms with Gasteiger partial charge in [0.25, 0.3) is 0 Å². The summed E-state index contributed by atoms with van der Waals surface area (Å²) in [6.45, 7) is 6.24. The molecule has 2 atom stereocenters. The molecule has 1 rings (SSSR count). The monoisotopic (exact) mass is 157 g/mol. The van der Waals surface area contributed by atoms with Crippen molar-refractivity contribution in [2.75, 3.05) is 13.2 Å². The summed E-state index contributed by atoms with van der Waals surface area (Å²) >= 11 is 0. The van der Waals surface area contributed by atoms with Gasteiger partial charge in [-0.3, -0.25) is 0 Å². The highest BCUT2D eigenvalue weighted by molar-refractivity contribution is 4.77. The molecule has 0 bridgehead atoms. The first-order chi connectivity index (χ1) is 5.22. The van der Waals surface area contributed by atoms with Gasteiger partial charge in [-0.2, -0.15) is 0 Å². The third-order valence-electron chi connectivity index (χ3n) is 2.60. The largest absolute Gasteiger partial charge is 0.381 e. The van der Waals surface area contributed by atoms with E-state index in [2.05, 4.69) is 13.8 Å². The van der Waals surface area contributed by atoms with E-state index in [4.69, 9.17) is 10.5 Å². The SMILES string of the molecule is CC(C)C1CCOCCC1N. The zero-order valence-corrected chi connectivity index (χ0v) is 7.55. The summed E-state index contributed by atoms with van der Waals surface area (Å²) in [6, 6.07) is 0.359. The molecule has 2 N–H and O–H groups in total. The molecule has 0 radical (unpaired) electrons. The fraction of sp³-hybridized carbons (Fsp3) is 1.00. The van der Waals surface area contributed by atoms with Gasteiger partial charge in [-0.15, -0.1) is 0 Å². The van der Waals surface area contributed by atoms with Crippen molar-refractivity contribution in [3.05, 3.63) is 0 Å². The van der Waals surface area contributed by atoms with Crippen molar-refractivity contribution in [3.63, 3.8) is 0 Å². The molecule has 66 valence electrons. The van der Waals surface area contributed by atoms with Crippen molar-refractivity contribution >= 4 is 0 Å². The van der Waals surface area contributed by atoms with Crippen LogP contribution in [0.2, 0.25) is 0 Å². The van der Waals surface area contributed by atoms with Crippen molar-refractivity contribution < 1.29 is 4.74 Å². The van der Waals surface area contributed by atoms with Crippen LogP contribution in [-0.4, -0.2) is 19.3 Å². The Labute approximate surface area is 69.1 Å². The number of rotatable bonds is 1. The van der Waals surface area contributed by atoms with E-state index in [1.165, 1.54) is 0 Å². The quantitative estimate of drug-likeness (QED) is 0.624. The first-order valence-corrected chi connectivity index (χ1v) is 4.55. The van der Waals surface area contributed by atoms with Crippen LogP contribution in [0.1, 0.15) is 26.7 Å². The van der Waals surface area contributed by atoms with Gasteiger partial charge >= 0.3 is 0 Å². The maximum absolute atomic E-state index is 6.00. The van der Waals surface area contributed by atoms with E-state index in [0.29, 0.717) is 17.9 Å². The van der Waals surface area contributed by atoms with E-state index < -0.39 is 0 Å². The van der Waals surface area contributed by atoms with Crippen molar-refractivity contribution in [2.24, 2.45) is 17.6 Å². The Hall–Kier alpha value is -0.0800. The lowest BCUT2D eigenvalue weighted by Gasteiger charge is -2.23. The van der Waals surface area contributed by atoms with E-state index in [0.717, 1.165) is 26.1 Å². The molecule has 1 heterocycles. The van der Waals surface area contributed by atoms with Gasteiger partial charge in [-0.1, -0.05) is 13.8 Å². The molecule has 0 aliphatic carbocycles. The summed E-state index contributed by atoms with van der Waals surface area (Å²) in [7, 11) is 0. The van der Waals surface area contributed by atoms with E-state index in [1.54, 1.807) is 0 Å². The zero-order chi connectivity index (χ0) is 8.27. The molecule has 0 aromatic carbocycles. The lowest BCUT2D eigenvalue weighted by molar-refractivity contribution is 0.139. The first-order valence-electron chi connectivity index (χ1n) is 4.55. The molecular formula is C9H19NO. The Kier molecular flexibility index (Phi) is 3.34. The summed E-state index contributed by atoms with van der Waals surface area (Å²) in [5, 5.41) is 0. The minimum Gasteiger partial charge on any atom is -0.381 e. The van der Waals surface area contributed by atoms with Gasteiger partial charge in [0, 0.05) is 19.3 Å². The average molecular weight is 157 g/mol. The molecule has 0 saturated carbocycles. The number of hydrogen-bond acceptors (Lipinski definition) is 2. The van der Waals surface area contributed by atoms with Crippen LogP contribution < -0.4 is 5.73 Å². The predicted octanol–water partition coefficient (Wildman–Crippen LogP) is 1.40. The third kappa shape index (κ3) is 2.46. The Bertz CT molecular complexity index is 114. The summed E-state index contributed by atoms with van der Waals surface area (Å²) < 4.78 is 5.37. The molecule has 11 heavy (non-hydrogen) atoms. The molecule has 2 heteroatoms. The average Bonchev–Trinajstić information content (AvgIpc) is 2.13. The fourth-order valence-corrected chi connectivity index (χ4v) is 1.80. The van der Waals surface area contributed by atoms with Gasteiger partial charge in [0.1, 0.15) is 0 Å². The minimum absolute atomic E-state index is 0.359. The maximum atomic E-state index is 6.00. The maximum Gasteiger partial charge on any atom is 0.0480 e.